The van der Waals surface area contributed by atoms with Gasteiger partial charge in [0.15, 0.2) is 11.5 Å². The summed E-state index contributed by atoms with van der Waals surface area (Å²) in [5.41, 5.74) is 3.56. The van der Waals surface area contributed by atoms with Gasteiger partial charge in [-0.15, -0.1) is 11.3 Å². The summed E-state index contributed by atoms with van der Waals surface area (Å²) in [6.45, 7) is 2.23. The van der Waals surface area contributed by atoms with Crippen molar-refractivity contribution >= 4 is 41.0 Å². The number of nitrogens with zero attached hydrogens (tertiary/aromatic N) is 1. The Balaban J connectivity index is 1.68. The van der Waals surface area contributed by atoms with Gasteiger partial charge in [-0.1, -0.05) is 17.7 Å². The van der Waals surface area contributed by atoms with Crippen molar-refractivity contribution in [1.29, 1.82) is 0 Å². The van der Waals surface area contributed by atoms with E-state index in [1.54, 1.807) is 60.0 Å². The summed E-state index contributed by atoms with van der Waals surface area (Å²) >= 11 is 7.11. The molecule has 0 unspecified atom stereocenters. The number of hydrogen-bond acceptors (Lipinski definition) is 6. The summed E-state index contributed by atoms with van der Waals surface area (Å²) in [5, 5.41) is 6.31. The molecule has 3 rings (SSSR count). The minimum Gasteiger partial charge on any atom is -0.490 e. The van der Waals surface area contributed by atoms with Gasteiger partial charge in [0.25, 0.3) is 5.91 Å². The predicted molar refractivity (Wildman–Crippen MR) is 113 cm³/mol. The van der Waals surface area contributed by atoms with Crippen LogP contribution in [0, 0.1) is 0 Å². The third-order valence-corrected chi connectivity index (χ3v) is 4.78. The normalized spacial score (nSPS) is 10.7. The Labute approximate surface area is 176 Å². The van der Waals surface area contributed by atoms with E-state index in [2.05, 4.69) is 10.5 Å². The summed E-state index contributed by atoms with van der Waals surface area (Å²) in [6.07, 6.45) is 1.47. The molecule has 0 aliphatic rings. The molecule has 8 heteroatoms. The van der Waals surface area contributed by atoms with Gasteiger partial charge in [0.2, 0.25) is 0 Å². The van der Waals surface area contributed by atoms with Crippen molar-refractivity contribution in [2.45, 2.75) is 6.92 Å². The quantitative estimate of drug-likeness (QED) is 0.254. The Morgan fingerprint density at radius 1 is 1.14 bits per heavy atom. The molecule has 0 saturated carbocycles. The van der Waals surface area contributed by atoms with Crippen molar-refractivity contribution in [3.05, 3.63) is 81.0 Å². The number of hydrazone groups is 1. The Bertz CT molecular complexity index is 1020. The number of esters is 1. The highest BCUT2D eigenvalue weighted by atomic mass is 35.5. The van der Waals surface area contributed by atoms with E-state index in [-0.39, 0.29) is 5.91 Å². The number of carbonyl (C=O) groups excluding carboxylic acids is 2. The van der Waals surface area contributed by atoms with E-state index in [1.165, 1.54) is 17.6 Å². The molecule has 1 amide bonds. The highest BCUT2D eigenvalue weighted by molar-refractivity contribution is 7.12. The maximum absolute atomic E-state index is 12.2. The van der Waals surface area contributed by atoms with Crippen molar-refractivity contribution in [1.82, 2.24) is 5.43 Å². The first-order chi connectivity index (χ1) is 14.1. The number of thiophene rings is 1. The molecule has 148 valence electrons. The number of hydrogen-bond donors (Lipinski definition) is 1. The molecule has 1 aromatic heterocycles. The summed E-state index contributed by atoms with van der Waals surface area (Å²) < 4.78 is 11.0. The third kappa shape index (κ3) is 5.66. The van der Waals surface area contributed by atoms with Crippen LogP contribution in [-0.4, -0.2) is 24.7 Å². The third-order valence-electron chi connectivity index (χ3n) is 3.68. The van der Waals surface area contributed by atoms with Gasteiger partial charge in [-0.05, 0) is 66.4 Å². The van der Waals surface area contributed by atoms with Crippen LogP contribution in [0.5, 0.6) is 11.5 Å². The van der Waals surface area contributed by atoms with Crippen molar-refractivity contribution in [2.24, 2.45) is 5.10 Å². The van der Waals surface area contributed by atoms with Crippen LogP contribution in [0.4, 0.5) is 0 Å². The van der Waals surface area contributed by atoms with Gasteiger partial charge >= 0.3 is 5.97 Å². The zero-order valence-electron chi connectivity index (χ0n) is 15.4. The molecule has 0 bridgehead atoms. The van der Waals surface area contributed by atoms with Gasteiger partial charge in [-0.3, -0.25) is 4.79 Å². The molecule has 29 heavy (non-hydrogen) atoms. The highest BCUT2D eigenvalue weighted by Crippen LogP contribution is 2.29. The monoisotopic (exact) mass is 428 g/mol. The van der Waals surface area contributed by atoms with Crippen molar-refractivity contribution < 1.29 is 19.1 Å². The number of rotatable bonds is 7. The minimum atomic E-state index is -0.447. The number of carbonyl (C=O) groups is 2. The zero-order chi connectivity index (χ0) is 20.6. The van der Waals surface area contributed by atoms with Crippen LogP contribution in [0.1, 0.15) is 32.5 Å². The second kappa shape index (κ2) is 9.86. The lowest BCUT2D eigenvalue weighted by Crippen LogP contribution is -2.17. The van der Waals surface area contributed by atoms with E-state index in [0.717, 1.165) is 0 Å². The minimum absolute atomic E-state index is 0.313. The number of amides is 1. The van der Waals surface area contributed by atoms with Crippen molar-refractivity contribution in [2.75, 3.05) is 6.61 Å². The molecule has 0 radical (unpaired) electrons. The fourth-order valence-electron chi connectivity index (χ4n) is 2.33. The van der Waals surface area contributed by atoms with Crippen molar-refractivity contribution in [3.63, 3.8) is 0 Å². The van der Waals surface area contributed by atoms with E-state index < -0.39 is 5.97 Å². The lowest BCUT2D eigenvalue weighted by molar-refractivity contribution is 0.0733. The van der Waals surface area contributed by atoms with Gasteiger partial charge in [-0.2, -0.15) is 5.10 Å². The predicted octanol–water partition coefficient (Wildman–Crippen LogP) is 4.78. The summed E-state index contributed by atoms with van der Waals surface area (Å²) in [5.74, 6) is -0.0833. The van der Waals surface area contributed by atoms with Crippen LogP contribution >= 0.6 is 22.9 Å². The van der Waals surface area contributed by atoms with E-state index >= 15 is 0 Å². The molecule has 3 aromatic rings. The van der Waals surface area contributed by atoms with Gasteiger partial charge in [0.05, 0.1) is 12.8 Å². The second-order valence-electron chi connectivity index (χ2n) is 5.71. The van der Waals surface area contributed by atoms with Gasteiger partial charge in [0.1, 0.15) is 4.88 Å². The summed E-state index contributed by atoms with van der Waals surface area (Å²) in [6, 6.07) is 15.0. The fourth-order valence-corrected chi connectivity index (χ4v) is 3.06. The molecule has 6 nitrogen and oxygen atoms in total. The summed E-state index contributed by atoms with van der Waals surface area (Å²) in [4.78, 5) is 24.7. The Hall–Kier alpha value is -3.16. The molecule has 1 N–H and O–H groups in total. The van der Waals surface area contributed by atoms with E-state index in [0.29, 0.717) is 39.1 Å². The molecule has 0 aliphatic carbocycles. The molecule has 1 heterocycles. The Morgan fingerprint density at radius 3 is 2.62 bits per heavy atom. The van der Waals surface area contributed by atoms with Crippen LogP contribution in [0.25, 0.3) is 0 Å². The average molecular weight is 429 g/mol. The van der Waals surface area contributed by atoms with Crippen LogP contribution in [0.2, 0.25) is 5.02 Å². The Kier molecular flexibility index (Phi) is 6.99. The Morgan fingerprint density at radius 2 is 1.93 bits per heavy atom. The molecule has 2 aromatic carbocycles. The number of benzene rings is 2. The van der Waals surface area contributed by atoms with Crippen LogP contribution in [0.15, 0.2) is 65.1 Å². The van der Waals surface area contributed by atoms with E-state index in [9.17, 15) is 9.59 Å². The van der Waals surface area contributed by atoms with Crippen molar-refractivity contribution in [3.8, 4) is 11.5 Å². The molecule has 0 atom stereocenters. The van der Waals surface area contributed by atoms with E-state index in [4.69, 9.17) is 21.1 Å². The van der Waals surface area contributed by atoms with Crippen LogP contribution < -0.4 is 14.9 Å². The smallest absolute Gasteiger partial charge is 0.353 e. The molecule has 0 saturated heterocycles. The molecule has 0 fully saturated rings. The van der Waals surface area contributed by atoms with Gasteiger partial charge in [-0.25, -0.2) is 10.2 Å². The first kappa shape index (κ1) is 20.6. The number of nitrogens with one attached hydrogen (secondary N) is 1. The largest absolute Gasteiger partial charge is 0.490 e. The van der Waals surface area contributed by atoms with Crippen LogP contribution in [-0.2, 0) is 0 Å². The lowest BCUT2D eigenvalue weighted by atomic mass is 10.2. The lowest BCUT2D eigenvalue weighted by Gasteiger charge is -2.10. The molecule has 0 spiro atoms. The van der Waals surface area contributed by atoms with Gasteiger partial charge < -0.3 is 9.47 Å². The highest BCUT2D eigenvalue weighted by Gasteiger charge is 2.14. The first-order valence-electron chi connectivity index (χ1n) is 8.68. The molecular weight excluding hydrogens is 412 g/mol. The first-order valence-corrected chi connectivity index (χ1v) is 9.94. The zero-order valence-corrected chi connectivity index (χ0v) is 17.0. The van der Waals surface area contributed by atoms with Crippen LogP contribution in [0.3, 0.4) is 0 Å². The molecular formula is C21H17ClN2O4S. The maximum Gasteiger partial charge on any atom is 0.353 e. The number of ether oxygens (including phenoxy) is 2. The topological polar surface area (TPSA) is 77.0 Å². The standard InChI is InChI=1S/C21H17ClN2O4S/c1-2-27-18-12-14(5-10-17(18)28-21(26)19-4-3-11-29-19)13-23-24-20(25)15-6-8-16(22)9-7-15/h3-13H,2H2,1H3,(H,24,25). The summed E-state index contributed by atoms with van der Waals surface area (Å²) in [7, 11) is 0. The molecule has 0 aliphatic heterocycles. The van der Waals surface area contributed by atoms with E-state index in [1.807, 2.05) is 6.92 Å². The average Bonchev–Trinajstić information content (AvgIpc) is 3.25. The second-order valence-corrected chi connectivity index (χ2v) is 7.10. The number of halogens is 1. The fraction of sp³-hybridized carbons (Fsp3) is 0.0952. The SMILES string of the molecule is CCOc1cc(C=NNC(=O)c2ccc(Cl)cc2)ccc1OC(=O)c1cccs1. The van der Waals surface area contributed by atoms with Gasteiger partial charge in [0, 0.05) is 10.6 Å². The maximum atomic E-state index is 12.2.